The third kappa shape index (κ3) is 4.75. The molecule has 31 heavy (non-hydrogen) atoms. The van der Waals surface area contributed by atoms with Crippen molar-refractivity contribution in [1.29, 1.82) is 0 Å². The van der Waals surface area contributed by atoms with Crippen molar-refractivity contribution in [2.45, 2.75) is 64.6 Å². The summed E-state index contributed by atoms with van der Waals surface area (Å²) in [4.78, 5) is 35.6. The Hall–Kier alpha value is -2.84. The monoisotopic (exact) mass is 427 g/mol. The average molecular weight is 428 g/mol. The minimum Gasteiger partial charge on any atom is -0.380 e. The number of ketones is 1. The molecule has 0 saturated heterocycles. The largest absolute Gasteiger partial charge is 0.380 e. The fourth-order valence-electron chi connectivity index (χ4n) is 4.23. The van der Waals surface area contributed by atoms with Crippen molar-refractivity contribution in [2.24, 2.45) is 16.3 Å². The van der Waals surface area contributed by atoms with Gasteiger partial charge in [0.05, 0.1) is 11.1 Å². The van der Waals surface area contributed by atoms with Crippen LogP contribution in [0.5, 0.6) is 0 Å². The predicted octanol–water partition coefficient (Wildman–Crippen LogP) is 1.15. The normalized spacial score (nSPS) is 25.4. The number of aliphatic hydroxyl groups is 2. The summed E-state index contributed by atoms with van der Waals surface area (Å²) in [7, 11) is 0. The molecule has 0 unspecified atom stereocenters. The van der Waals surface area contributed by atoms with Crippen LogP contribution in [0, 0.1) is 12.3 Å². The Morgan fingerprint density at radius 2 is 1.97 bits per heavy atom. The van der Waals surface area contributed by atoms with Crippen LogP contribution in [0.4, 0.5) is 0 Å². The van der Waals surface area contributed by atoms with E-state index in [9.17, 15) is 24.6 Å². The molecule has 1 saturated carbocycles. The first kappa shape index (κ1) is 22.8. The van der Waals surface area contributed by atoms with Crippen molar-refractivity contribution in [3.05, 3.63) is 41.0 Å². The molecule has 8 heteroatoms. The van der Waals surface area contributed by atoms with Gasteiger partial charge in [0.1, 0.15) is 5.78 Å². The number of nitrogens with zero attached hydrogens (tertiary/aromatic N) is 1. The maximum atomic E-state index is 12.7. The number of primary amides is 1. The van der Waals surface area contributed by atoms with Crippen LogP contribution in [0.3, 0.4) is 0 Å². The standard InChI is InChI=1S/C23H29N3O5/c1-13-6-7-16-14(4-3-5-15(16)12-13)10-11-23(2)17(8-9-18(23)27)25-26-22(31)20(29)19(28)21(24)30/h6-7,10,12,19-20,28-29H,3-5,8-9,11H2,1-2H3,(H2,24,30)(H,26,31)/b14-10+,25-17+/t19-,20-,23+/m1/s1. The van der Waals surface area contributed by atoms with Crippen LogP contribution in [-0.2, 0) is 20.8 Å². The Kier molecular flexibility index (Phi) is 6.71. The maximum absolute atomic E-state index is 12.7. The molecule has 2 amide bonds. The topological polar surface area (TPSA) is 142 Å². The van der Waals surface area contributed by atoms with Gasteiger partial charge in [-0.15, -0.1) is 0 Å². The number of allylic oxidation sites excluding steroid dienone is 2. The van der Waals surface area contributed by atoms with E-state index in [4.69, 9.17) is 5.73 Å². The maximum Gasteiger partial charge on any atom is 0.272 e. The van der Waals surface area contributed by atoms with E-state index < -0.39 is 29.4 Å². The Bertz CT molecular complexity index is 968. The second kappa shape index (κ2) is 9.11. The Balaban J connectivity index is 1.78. The summed E-state index contributed by atoms with van der Waals surface area (Å²) in [5, 5.41) is 23.2. The lowest BCUT2D eigenvalue weighted by Crippen LogP contribution is -2.47. The summed E-state index contributed by atoms with van der Waals surface area (Å²) in [5.41, 5.74) is 11.7. The molecular weight excluding hydrogens is 398 g/mol. The molecule has 2 aliphatic rings. The van der Waals surface area contributed by atoms with E-state index in [1.165, 1.54) is 22.3 Å². The Morgan fingerprint density at radius 3 is 2.68 bits per heavy atom. The second-order valence-corrected chi connectivity index (χ2v) is 8.53. The van der Waals surface area contributed by atoms with Crippen LogP contribution in [0.15, 0.2) is 29.4 Å². The first-order valence-corrected chi connectivity index (χ1v) is 10.5. The van der Waals surface area contributed by atoms with Crippen LogP contribution in [0.25, 0.3) is 5.57 Å². The van der Waals surface area contributed by atoms with Crippen LogP contribution < -0.4 is 11.2 Å². The molecule has 0 bridgehead atoms. The van der Waals surface area contributed by atoms with Gasteiger partial charge in [-0.2, -0.15) is 5.10 Å². The number of nitrogens with two attached hydrogens (primary N) is 1. The van der Waals surface area contributed by atoms with E-state index in [-0.39, 0.29) is 5.78 Å². The van der Waals surface area contributed by atoms with E-state index >= 15 is 0 Å². The van der Waals surface area contributed by atoms with Crippen molar-refractivity contribution in [3.63, 3.8) is 0 Å². The van der Waals surface area contributed by atoms with Gasteiger partial charge in [0.25, 0.3) is 5.91 Å². The number of amides is 2. The van der Waals surface area contributed by atoms with Gasteiger partial charge in [-0.3, -0.25) is 14.4 Å². The van der Waals surface area contributed by atoms with Crippen molar-refractivity contribution in [3.8, 4) is 0 Å². The minimum atomic E-state index is -2.03. The lowest BCUT2D eigenvalue weighted by Gasteiger charge is -2.24. The van der Waals surface area contributed by atoms with E-state index in [1.807, 2.05) is 0 Å². The number of Topliss-reactive ketones (excluding diaryl/α,β-unsaturated/α-hetero) is 1. The quantitative estimate of drug-likeness (QED) is 0.504. The highest BCUT2D eigenvalue weighted by Gasteiger charge is 2.43. The fourth-order valence-corrected chi connectivity index (χ4v) is 4.23. The summed E-state index contributed by atoms with van der Waals surface area (Å²) < 4.78 is 0. The first-order valence-electron chi connectivity index (χ1n) is 10.5. The van der Waals surface area contributed by atoms with Gasteiger partial charge in [0.2, 0.25) is 5.91 Å². The molecular formula is C23H29N3O5. The van der Waals surface area contributed by atoms with Crippen LogP contribution in [0.2, 0.25) is 0 Å². The van der Waals surface area contributed by atoms with Gasteiger partial charge in [-0.25, -0.2) is 5.43 Å². The number of aliphatic hydroxyl groups excluding tert-OH is 2. The number of aryl methyl sites for hydroxylation is 2. The van der Waals surface area contributed by atoms with Crippen molar-refractivity contribution >= 4 is 28.9 Å². The molecule has 3 rings (SSSR count). The molecule has 5 N–H and O–H groups in total. The number of hydrogen-bond acceptors (Lipinski definition) is 6. The number of benzene rings is 1. The zero-order valence-electron chi connectivity index (χ0n) is 17.9. The van der Waals surface area contributed by atoms with Crippen LogP contribution >= 0.6 is 0 Å². The summed E-state index contributed by atoms with van der Waals surface area (Å²) in [6.07, 6.45) is 2.24. The van der Waals surface area contributed by atoms with Gasteiger partial charge >= 0.3 is 0 Å². The van der Waals surface area contributed by atoms with E-state index in [0.717, 1.165) is 19.3 Å². The highest BCUT2D eigenvalue weighted by molar-refractivity contribution is 6.15. The first-order chi connectivity index (χ1) is 14.6. The second-order valence-electron chi connectivity index (χ2n) is 8.53. The van der Waals surface area contributed by atoms with Crippen molar-refractivity contribution < 1.29 is 24.6 Å². The van der Waals surface area contributed by atoms with E-state index in [2.05, 4.69) is 41.7 Å². The lowest BCUT2D eigenvalue weighted by atomic mass is 9.79. The third-order valence-corrected chi connectivity index (χ3v) is 6.26. The minimum absolute atomic E-state index is 0.0370. The lowest BCUT2D eigenvalue weighted by molar-refractivity contribution is -0.144. The summed E-state index contributed by atoms with van der Waals surface area (Å²) in [6, 6.07) is 6.43. The van der Waals surface area contributed by atoms with E-state index in [0.29, 0.717) is 25.0 Å². The molecule has 0 radical (unpaired) electrons. The molecule has 8 nitrogen and oxygen atoms in total. The van der Waals surface area contributed by atoms with Gasteiger partial charge in [0.15, 0.2) is 12.2 Å². The molecule has 0 spiro atoms. The molecule has 2 aliphatic carbocycles. The SMILES string of the molecule is Cc1ccc2c(c1)CCC/C2=C\C[C@]1(C)C(=O)CC/C1=N\NC(=O)[C@H](O)[C@@H](O)C(N)=O. The Morgan fingerprint density at radius 1 is 1.23 bits per heavy atom. The molecule has 166 valence electrons. The number of hydrogen-bond donors (Lipinski definition) is 4. The molecule has 1 aromatic rings. The summed E-state index contributed by atoms with van der Waals surface area (Å²) in [5.74, 6) is -2.24. The molecule has 1 fully saturated rings. The number of carbonyl (C=O) groups is 3. The Labute approximate surface area is 181 Å². The zero-order valence-corrected chi connectivity index (χ0v) is 17.9. The van der Waals surface area contributed by atoms with Gasteiger partial charge in [-0.05, 0) is 62.7 Å². The molecule has 0 aromatic heterocycles. The molecule has 1 aromatic carbocycles. The van der Waals surface area contributed by atoms with Crippen LogP contribution in [0.1, 0.15) is 55.7 Å². The number of hydrazone groups is 1. The van der Waals surface area contributed by atoms with Gasteiger partial charge in [0, 0.05) is 6.42 Å². The number of nitrogens with one attached hydrogen (secondary N) is 1. The number of rotatable bonds is 6. The van der Waals surface area contributed by atoms with Crippen LogP contribution in [-0.4, -0.2) is 45.7 Å². The smallest absolute Gasteiger partial charge is 0.272 e. The number of carbonyl (C=O) groups excluding carboxylic acids is 3. The number of fused-ring (bicyclic) bond motifs is 1. The molecule has 0 heterocycles. The summed E-state index contributed by atoms with van der Waals surface area (Å²) >= 11 is 0. The predicted molar refractivity (Wildman–Crippen MR) is 116 cm³/mol. The molecule has 3 atom stereocenters. The highest BCUT2D eigenvalue weighted by atomic mass is 16.3. The zero-order chi connectivity index (χ0) is 22.8. The van der Waals surface area contributed by atoms with Crippen molar-refractivity contribution in [2.75, 3.05) is 0 Å². The third-order valence-electron chi connectivity index (χ3n) is 6.26. The fraction of sp³-hybridized carbons (Fsp3) is 0.478. The van der Waals surface area contributed by atoms with Gasteiger partial charge in [-0.1, -0.05) is 29.8 Å². The summed E-state index contributed by atoms with van der Waals surface area (Å²) in [6.45, 7) is 3.88. The average Bonchev–Trinajstić information content (AvgIpc) is 3.02. The van der Waals surface area contributed by atoms with Crippen molar-refractivity contribution in [1.82, 2.24) is 5.43 Å². The van der Waals surface area contributed by atoms with Gasteiger partial charge < -0.3 is 15.9 Å². The highest BCUT2D eigenvalue weighted by Crippen LogP contribution is 2.38. The molecule has 0 aliphatic heterocycles. The van der Waals surface area contributed by atoms with E-state index in [1.54, 1.807) is 6.92 Å².